The summed E-state index contributed by atoms with van der Waals surface area (Å²) in [4.78, 5) is 11.6. The molecular formula is C10H12O3S. The van der Waals surface area contributed by atoms with Crippen LogP contribution < -0.4 is 0 Å². The molecule has 0 amide bonds. The van der Waals surface area contributed by atoms with Crippen LogP contribution in [0.1, 0.15) is 12.8 Å². The van der Waals surface area contributed by atoms with Crippen molar-refractivity contribution in [1.82, 2.24) is 0 Å². The molecule has 4 heteroatoms. The SMILES string of the molecule is COC(=O)CC(O)C1=CC(=S)CC=C1. The molecule has 1 unspecified atom stereocenters. The van der Waals surface area contributed by atoms with Crippen LogP contribution in [-0.2, 0) is 9.53 Å². The molecule has 0 aromatic carbocycles. The molecule has 0 aliphatic heterocycles. The molecule has 0 heterocycles. The highest BCUT2D eigenvalue weighted by Gasteiger charge is 2.15. The van der Waals surface area contributed by atoms with E-state index in [-0.39, 0.29) is 6.42 Å². The molecule has 0 aromatic rings. The Morgan fingerprint density at radius 1 is 1.79 bits per heavy atom. The van der Waals surface area contributed by atoms with E-state index in [0.717, 1.165) is 11.3 Å². The van der Waals surface area contributed by atoms with Crippen molar-refractivity contribution < 1.29 is 14.6 Å². The Kier molecular flexibility index (Phi) is 3.98. The summed E-state index contributed by atoms with van der Waals surface area (Å²) >= 11 is 4.99. The van der Waals surface area contributed by atoms with Crippen molar-refractivity contribution in [1.29, 1.82) is 0 Å². The van der Waals surface area contributed by atoms with Crippen molar-refractivity contribution in [3.05, 3.63) is 23.8 Å². The Balaban J connectivity index is 2.60. The second kappa shape index (κ2) is 5.02. The summed E-state index contributed by atoms with van der Waals surface area (Å²) in [6.45, 7) is 0. The fraction of sp³-hybridized carbons (Fsp3) is 0.400. The first kappa shape index (κ1) is 11.1. The fourth-order valence-electron chi connectivity index (χ4n) is 1.17. The van der Waals surface area contributed by atoms with E-state index < -0.39 is 12.1 Å². The van der Waals surface area contributed by atoms with Gasteiger partial charge in [-0.3, -0.25) is 4.79 Å². The third-order valence-corrected chi connectivity index (χ3v) is 2.21. The Morgan fingerprint density at radius 3 is 3.07 bits per heavy atom. The van der Waals surface area contributed by atoms with E-state index in [1.54, 1.807) is 12.2 Å². The lowest BCUT2D eigenvalue weighted by molar-refractivity contribution is -0.142. The van der Waals surface area contributed by atoms with Crippen molar-refractivity contribution in [3.8, 4) is 0 Å². The van der Waals surface area contributed by atoms with Gasteiger partial charge in [0.15, 0.2) is 0 Å². The number of aliphatic hydroxyl groups is 1. The van der Waals surface area contributed by atoms with Gasteiger partial charge in [0, 0.05) is 11.3 Å². The minimum Gasteiger partial charge on any atom is -0.469 e. The summed E-state index contributed by atoms with van der Waals surface area (Å²) in [5.74, 6) is -0.428. The molecule has 0 bridgehead atoms. The largest absolute Gasteiger partial charge is 0.469 e. The lowest BCUT2D eigenvalue weighted by Crippen LogP contribution is -2.17. The van der Waals surface area contributed by atoms with Gasteiger partial charge in [-0.1, -0.05) is 24.4 Å². The second-order valence-electron chi connectivity index (χ2n) is 3.01. The first-order valence-electron chi connectivity index (χ1n) is 4.29. The Labute approximate surface area is 88.1 Å². The van der Waals surface area contributed by atoms with Gasteiger partial charge in [0.05, 0.1) is 19.6 Å². The minimum absolute atomic E-state index is 0.0325. The lowest BCUT2D eigenvalue weighted by atomic mass is 10.0. The molecule has 1 rings (SSSR count). The van der Waals surface area contributed by atoms with Crippen molar-refractivity contribution in [2.45, 2.75) is 18.9 Å². The monoisotopic (exact) mass is 212 g/mol. The lowest BCUT2D eigenvalue weighted by Gasteiger charge is -2.13. The first-order chi connectivity index (χ1) is 6.63. The highest BCUT2D eigenvalue weighted by atomic mass is 32.1. The van der Waals surface area contributed by atoms with Gasteiger partial charge in [-0.15, -0.1) is 0 Å². The quantitative estimate of drug-likeness (QED) is 0.563. The number of allylic oxidation sites excluding steroid dienone is 2. The molecule has 76 valence electrons. The summed E-state index contributed by atoms with van der Waals surface area (Å²) in [5, 5.41) is 9.61. The molecule has 1 aliphatic carbocycles. The zero-order chi connectivity index (χ0) is 10.6. The third kappa shape index (κ3) is 3.05. The Bertz CT molecular complexity index is 304. The molecule has 0 radical (unpaired) electrons. The first-order valence-corrected chi connectivity index (χ1v) is 4.70. The highest BCUT2D eigenvalue weighted by Crippen LogP contribution is 2.14. The normalized spacial score (nSPS) is 17.6. The third-order valence-electron chi connectivity index (χ3n) is 1.93. The smallest absolute Gasteiger partial charge is 0.308 e. The van der Waals surface area contributed by atoms with Crippen molar-refractivity contribution >= 4 is 23.1 Å². The molecule has 0 saturated carbocycles. The molecular weight excluding hydrogens is 200 g/mol. The number of carbonyl (C=O) groups excluding carboxylic acids is 1. The molecule has 3 nitrogen and oxygen atoms in total. The van der Waals surface area contributed by atoms with Crippen LogP contribution in [0.15, 0.2) is 23.8 Å². The van der Waals surface area contributed by atoms with Gasteiger partial charge >= 0.3 is 5.97 Å². The number of thiocarbonyl (C=S) groups is 1. The molecule has 1 atom stereocenters. The standard InChI is InChI=1S/C10H12O3S/c1-13-10(12)6-9(11)7-3-2-4-8(14)5-7/h2-3,5,9,11H,4,6H2,1H3. The maximum absolute atomic E-state index is 10.9. The summed E-state index contributed by atoms with van der Waals surface area (Å²) < 4.78 is 4.46. The maximum atomic E-state index is 10.9. The Morgan fingerprint density at radius 2 is 2.50 bits per heavy atom. The summed E-state index contributed by atoms with van der Waals surface area (Å²) in [5.41, 5.74) is 0.673. The van der Waals surface area contributed by atoms with Crippen LogP contribution in [0.25, 0.3) is 0 Å². The summed E-state index contributed by atoms with van der Waals surface area (Å²) in [6, 6.07) is 0. The van der Waals surface area contributed by atoms with Gasteiger partial charge in [-0.05, 0) is 11.6 Å². The van der Waals surface area contributed by atoms with E-state index in [2.05, 4.69) is 4.74 Å². The molecule has 0 aromatic heterocycles. The summed E-state index contributed by atoms with van der Waals surface area (Å²) in [6.07, 6.45) is 5.25. The molecule has 0 fully saturated rings. The minimum atomic E-state index is -0.822. The van der Waals surface area contributed by atoms with E-state index >= 15 is 0 Å². The average Bonchev–Trinajstić information content (AvgIpc) is 2.17. The van der Waals surface area contributed by atoms with Crippen LogP contribution >= 0.6 is 12.2 Å². The number of rotatable bonds is 3. The van der Waals surface area contributed by atoms with Crippen LogP contribution in [0.3, 0.4) is 0 Å². The molecule has 0 spiro atoms. The number of hydrogen-bond acceptors (Lipinski definition) is 4. The second-order valence-corrected chi connectivity index (χ2v) is 3.54. The maximum Gasteiger partial charge on any atom is 0.308 e. The predicted octanol–water partition coefficient (Wildman–Crippen LogP) is 1.17. The molecule has 0 saturated heterocycles. The van der Waals surface area contributed by atoms with E-state index in [1.165, 1.54) is 7.11 Å². The average molecular weight is 212 g/mol. The van der Waals surface area contributed by atoms with Crippen molar-refractivity contribution in [2.24, 2.45) is 0 Å². The van der Waals surface area contributed by atoms with Crippen molar-refractivity contribution in [3.63, 3.8) is 0 Å². The molecule has 1 aliphatic rings. The van der Waals surface area contributed by atoms with Gasteiger partial charge < -0.3 is 9.84 Å². The van der Waals surface area contributed by atoms with Gasteiger partial charge in [0.25, 0.3) is 0 Å². The van der Waals surface area contributed by atoms with Gasteiger partial charge in [0.2, 0.25) is 0 Å². The van der Waals surface area contributed by atoms with Crippen molar-refractivity contribution in [2.75, 3.05) is 7.11 Å². The van der Waals surface area contributed by atoms with Crippen LogP contribution in [0.4, 0.5) is 0 Å². The van der Waals surface area contributed by atoms with E-state index in [0.29, 0.717) is 5.57 Å². The van der Waals surface area contributed by atoms with E-state index in [9.17, 15) is 9.90 Å². The van der Waals surface area contributed by atoms with Crippen LogP contribution in [0, 0.1) is 0 Å². The van der Waals surface area contributed by atoms with E-state index in [1.807, 2.05) is 6.08 Å². The van der Waals surface area contributed by atoms with E-state index in [4.69, 9.17) is 12.2 Å². The van der Waals surface area contributed by atoms with Crippen LogP contribution in [0.5, 0.6) is 0 Å². The number of esters is 1. The zero-order valence-corrected chi connectivity index (χ0v) is 8.71. The van der Waals surface area contributed by atoms with Gasteiger partial charge in [-0.2, -0.15) is 0 Å². The van der Waals surface area contributed by atoms with Gasteiger partial charge in [-0.25, -0.2) is 0 Å². The number of carbonyl (C=O) groups is 1. The Hall–Kier alpha value is -1.00. The van der Waals surface area contributed by atoms with Crippen LogP contribution in [-0.4, -0.2) is 29.2 Å². The summed E-state index contributed by atoms with van der Waals surface area (Å²) in [7, 11) is 1.30. The number of aliphatic hydroxyl groups excluding tert-OH is 1. The van der Waals surface area contributed by atoms with Crippen LogP contribution in [0.2, 0.25) is 0 Å². The highest BCUT2D eigenvalue weighted by molar-refractivity contribution is 7.80. The number of ether oxygens (including phenoxy) is 1. The fourth-order valence-corrected chi connectivity index (χ4v) is 1.40. The molecule has 14 heavy (non-hydrogen) atoms. The number of methoxy groups -OCH3 is 1. The predicted molar refractivity (Wildman–Crippen MR) is 57.1 cm³/mol. The molecule has 1 N–H and O–H groups in total. The number of hydrogen-bond donors (Lipinski definition) is 1. The van der Waals surface area contributed by atoms with Gasteiger partial charge in [0.1, 0.15) is 0 Å². The zero-order valence-electron chi connectivity index (χ0n) is 7.90. The topological polar surface area (TPSA) is 46.5 Å².